The van der Waals surface area contributed by atoms with E-state index in [4.69, 9.17) is 9.05 Å². The van der Waals surface area contributed by atoms with E-state index in [1.165, 1.54) is 18.9 Å². The Balaban J connectivity index is 2.70. The van der Waals surface area contributed by atoms with E-state index in [1.807, 2.05) is 13.8 Å². The Labute approximate surface area is 98.1 Å². The Morgan fingerprint density at radius 2 is 1.50 bits per heavy atom. The molecular formula is C12H21O3P. The molecule has 0 aliphatic heterocycles. The summed E-state index contributed by atoms with van der Waals surface area (Å²) in [6.45, 7) is 3.67. The number of hydrogen-bond donors (Lipinski definition) is 0. The van der Waals surface area contributed by atoms with Crippen LogP contribution in [0, 0.1) is 0 Å². The molecular weight excluding hydrogens is 223 g/mol. The molecule has 0 atom stereocenters. The summed E-state index contributed by atoms with van der Waals surface area (Å²) < 4.78 is 23.2. The topological polar surface area (TPSA) is 35.5 Å². The monoisotopic (exact) mass is 244 g/mol. The predicted octanol–water partition coefficient (Wildman–Crippen LogP) is 4.61. The Morgan fingerprint density at radius 3 is 1.94 bits per heavy atom. The quantitative estimate of drug-likeness (QED) is 0.523. The number of allylic oxidation sites excluding steroid dienone is 2. The van der Waals surface area contributed by atoms with Crippen molar-refractivity contribution < 1.29 is 13.6 Å². The van der Waals surface area contributed by atoms with E-state index in [1.54, 1.807) is 12.2 Å². The Bertz CT molecular complexity index is 273. The molecule has 92 valence electrons. The maximum absolute atomic E-state index is 12.5. The predicted molar refractivity (Wildman–Crippen MR) is 66.3 cm³/mol. The van der Waals surface area contributed by atoms with Crippen LogP contribution in [0.2, 0.25) is 0 Å². The van der Waals surface area contributed by atoms with E-state index in [-0.39, 0.29) is 5.66 Å². The lowest BCUT2D eigenvalue weighted by Gasteiger charge is -2.27. The van der Waals surface area contributed by atoms with Crippen LogP contribution in [0.1, 0.15) is 46.0 Å². The standard InChI is InChI=1S/C12H21O3P/c1-3-10-14-16(13,15-11-4-2)12-8-6-5-7-9-12/h3-4,10-12H,5-9H2,1-2H3. The van der Waals surface area contributed by atoms with Gasteiger partial charge in [-0.2, -0.15) is 0 Å². The molecule has 0 amide bonds. The van der Waals surface area contributed by atoms with Crippen molar-refractivity contribution in [2.24, 2.45) is 0 Å². The van der Waals surface area contributed by atoms with Gasteiger partial charge in [0.1, 0.15) is 0 Å². The van der Waals surface area contributed by atoms with Crippen molar-refractivity contribution in [2.45, 2.75) is 51.6 Å². The fourth-order valence-corrected chi connectivity index (χ4v) is 3.86. The highest BCUT2D eigenvalue weighted by molar-refractivity contribution is 7.54. The van der Waals surface area contributed by atoms with Crippen LogP contribution in [0.15, 0.2) is 24.7 Å². The maximum atomic E-state index is 12.5. The van der Waals surface area contributed by atoms with Crippen molar-refractivity contribution in [2.75, 3.05) is 0 Å². The molecule has 1 aliphatic carbocycles. The zero-order valence-corrected chi connectivity index (χ0v) is 11.0. The minimum absolute atomic E-state index is 0.0497. The van der Waals surface area contributed by atoms with Crippen LogP contribution in [0.25, 0.3) is 0 Å². The molecule has 0 N–H and O–H groups in total. The van der Waals surface area contributed by atoms with E-state index in [9.17, 15) is 4.57 Å². The van der Waals surface area contributed by atoms with Gasteiger partial charge in [-0.1, -0.05) is 31.4 Å². The van der Waals surface area contributed by atoms with Gasteiger partial charge >= 0.3 is 7.60 Å². The second-order valence-corrected chi connectivity index (χ2v) is 6.21. The maximum Gasteiger partial charge on any atom is 0.432 e. The van der Waals surface area contributed by atoms with Crippen molar-refractivity contribution in [3.8, 4) is 0 Å². The molecule has 0 aromatic carbocycles. The molecule has 0 aromatic rings. The van der Waals surface area contributed by atoms with Crippen LogP contribution in [-0.2, 0) is 13.6 Å². The molecule has 1 fully saturated rings. The van der Waals surface area contributed by atoms with E-state index >= 15 is 0 Å². The average molecular weight is 244 g/mol. The first-order valence-electron chi connectivity index (χ1n) is 5.92. The van der Waals surface area contributed by atoms with Gasteiger partial charge in [-0.15, -0.1) is 0 Å². The fraction of sp³-hybridized carbons (Fsp3) is 0.667. The largest absolute Gasteiger partial charge is 0.432 e. The summed E-state index contributed by atoms with van der Waals surface area (Å²) in [5.41, 5.74) is 0.0497. The number of rotatable bonds is 5. The van der Waals surface area contributed by atoms with E-state index in [2.05, 4.69) is 0 Å². The molecule has 0 radical (unpaired) electrons. The molecule has 3 nitrogen and oxygen atoms in total. The van der Waals surface area contributed by atoms with Gasteiger partial charge in [0.15, 0.2) is 0 Å². The second-order valence-electron chi connectivity index (χ2n) is 3.98. The normalized spacial score (nSPS) is 22.4. The lowest BCUT2D eigenvalue weighted by Crippen LogP contribution is -2.14. The smallest absolute Gasteiger partial charge is 0.424 e. The molecule has 0 saturated heterocycles. The molecule has 1 saturated carbocycles. The van der Waals surface area contributed by atoms with E-state index in [0.717, 1.165) is 25.7 Å². The highest BCUT2D eigenvalue weighted by Crippen LogP contribution is 2.57. The SMILES string of the molecule is CC=COP(=O)(OC=CC)C1CCCCC1. The molecule has 1 aliphatic rings. The highest BCUT2D eigenvalue weighted by atomic mass is 31.2. The number of hydrogen-bond acceptors (Lipinski definition) is 3. The first kappa shape index (κ1) is 13.4. The minimum Gasteiger partial charge on any atom is -0.424 e. The molecule has 0 bridgehead atoms. The lowest BCUT2D eigenvalue weighted by atomic mass is 10.0. The summed E-state index contributed by atoms with van der Waals surface area (Å²) in [7, 11) is -3.00. The second kappa shape index (κ2) is 6.80. The molecule has 16 heavy (non-hydrogen) atoms. The van der Waals surface area contributed by atoms with Gasteiger partial charge in [-0.05, 0) is 26.7 Å². The van der Waals surface area contributed by atoms with Crippen molar-refractivity contribution in [1.29, 1.82) is 0 Å². The third-order valence-corrected chi connectivity index (χ3v) is 4.95. The van der Waals surface area contributed by atoms with Crippen LogP contribution < -0.4 is 0 Å². The van der Waals surface area contributed by atoms with Crippen LogP contribution >= 0.6 is 7.60 Å². The van der Waals surface area contributed by atoms with Gasteiger partial charge in [0, 0.05) is 0 Å². The van der Waals surface area contributed by atoms with Gasteiger partial charge < -0.3 is 9.05 Å². The van der Waals surface area contributed by atoms with Gasteiger partial charge in [0.2, 0.25) is 0 Å². The third kappa shape index (κ3) is 3.71. The average Bonchev–Trinajstić information content (AvgIpc) is 2.35. The zero-order valence-electron chi connectivity index (χ0n) is 10.1. The zero-order chi connectivity index (χ0) is 11.9. The molecule has 0 unspecified atom stereocenters. The summed E-state index contributed by atoms with van der Waals surface area (Å²) in [5, 5.41) is 0. The van der Waals surface area contributed by atoms with Crippen molar-refractivity contribution >= 4 is 7.60 Å². The van der Waals surface area contributed by atoms with E-state index in [0.29, 0.717) is 0 Å². The summed E-state index contributed by atoms with van der Waals surface area (Å²) in [6.07, 6.45) is 11.7. The van der Waals surface area contributed by atoms with Crippen molar-refractivity contribution in [3.05, 3.63) is 24.7 Å². The van der Waals surface area contributed by atoms with Gasteiger partial charge in [-0.25, -0.2) is 4.57 Å². The molecule has 1 rings (SSSR count). The van der Waals surface area contributed by atoms with E-state index < -0.39 is 7.60 Å². The van der Waals surface area contributed by atoms with Crippen LogP contribution in [-0.4, -0.2) is 5.66 Å². The van der Waals surface area contributed by atoms with Crippen molar-refractivity contribution in [3.63, 3.8) is 0 Å². The molecule has 0 heterocycles. The third-order valence-electron chi connectivity index (χ3n) is 2.71. The Kier molecular flexibility index (Phi) is 5.68. The molecule has 4 heteroatoms. The van der Waals surface area contributed by atoms with Crippen LogP contribution in [0.4, 0.5) is 0 Å². The fourth-order valence-electron chi connectivity index (χ4n) is 1.89. The summed E-state index contributed by atoms with van der Waals surface area (Å²) in [4.78, 5) is 0. The molecule has 0 spiro atoms. The Morgan fingerprint density at radius 1 is 1.00 bits per heavy atom. The molecule has 0 aromatic heterocycles. The Hall–Kier alpha value is -0.690. The summed E-state index contributed by atoms with van der Waals surface area (Å²) in [5.74, 6) is 0. The van der Waals surface area contributed by atoms with Crippen molar-refractivity contribution in [1.82, 2.24) is 0 Å². The highest BCUT2D eigenvalue weighted by Gasteiger charge is 2.37. The van der Waals surface area contributed by atoms with Crippen LogP contribution in [0.3, 0.4) is 0 Å². The first-order valence-corrected chi connectivity index (χ1v) is 7.53. The summed E-state index contributed by atoms with van der Waals surface area (Å²) >= 11 is 0. The van der Waals surface area contributed by atoms with Gasteiger partial charge in [0.05, 0.1) is 18.2 Å². The van der Waals surface area contributed by atoms with Gasteiger partial charge in [-0.3, -0.25) is 0 Å². The van der Waals surface area contributed by atoms with Crippen LogP contribution in [0.5, 0.6) is 0 Å². The van der Waals surface area contributed by atoms with Gasteiger partial charge in [0.25, 0.3) is 0 Å². The summed E-state index contributed by atoms with van der Waals surface area (Å²) in [6, 6.07) is 0. The minimum atomic E-state index is -3.00. The lowest BCUT2D eigenvalue weighted by molar-refractivity contribution is 0.299. The first-order chi connectivity index (χ1) is 7.73.